The van der Waals surface area contributed by atoms with Crippen LogP contribution in [0.3, 0.4) is 0 Å². The van der Waals surface area contributed by atoms with Gasteiger partial charge in [-0.15, -0.1) is 0 Å². The second-order valence-electron chi connectivity index (χ2n) is 38.1. The summed E-state index contributed by atoms with van der Waals surface area (Å²) in [4.78, 5) is 166. The van der Waals surface area contributed by atoms with E-state index >= 15 is 0 Å². The molecule has 12 aliphatic carbocycles. The van der Waals surface area contributed by atoms with E-state index < -0.39 is 154 Å². The van der Waals surface area contributed by atoms with Gasteiger partial charge < -0.3 is 58.3 Å². The molecule has 586 valence electrons. The van der Waals surface area contributed by atoms with Crippen LogP contribution in [0.1, 0.15) is 172 Å². The number of carbonyl (C=O) groups is 12. The normalized spacial score (nSPS) is 44.5. The topological polar surface area (TPSA) is 360 Å². The Morgan fingerprint density at radius 3 is 0.972 bits per heavy atom. The number of cyclic esters (lactones) is 4. The molecule has 14 fully saturated rings. The van der Waals surface area contributed by atoms with Crippen molar-refractivity contribution >= 4 is 71.6 Å². The molecule has 4 N–H and O–H groups in total. The predicted octanol–water partition coefficient (Wildman–Crippen LogP) is 8.83. The molecule has 0 amide bonds. The van der Waals surface area contributed by atoms with Gasteiger partial charge in [0, 0.05) is 0 Å². The SMILES string of the molecule is CC(CC1C2CC(C(=O)O)C(C2)C1C1C2CC(C(=O)OCCO)C(C2)C1C1C2CC(C(=O)OC(C)(C)C)C(C2)C1C1C(=O)OC(=O)C1C)C(=O)OCCCCOC(=O)C(C)CC1C2CC(C(=O)O)C(C2)C1C1C2CC(C(=O)OCCO)C(C2)C1C1C2CC(C(=O)OC(C)(C)C)C(C2)C1C1C(=O)OC(=O)C1C. The highest BCUT2D eigenvalue weighted by molar-refractivity contribution is 5.97. The van der Waals surface area contributed by atoms with Gasteiger partial charge in [0.25, 0.3) is 0 Å². The third-order valence-electron chi connectivity index (χ3n) is 30.8. The number of unbranched alkanes of at least 4 members (excludes halogenated alkanes) is 1. The predicted molar refractivity (Wildman–Crippen MR) is 369 cm³/mol. The van der Waals surface area contributed by atoms with Gasteiger partial charge in [-0.2, -0.15) is 0 Å². The highest BCUT2D eigenvalue weighted by atomic mass is 16.6. The van der Waals surface area contributed by atoms with Crippen molar-refractivity contribution in [3.8, 4) is 0 Å². The molecule has 24 heteroatoms. The summed E-state index contributed by atoms with van der Waals surface area (Å²) in [5, 5.41) is 41.2. The summed E-state index contributed by atoms with van der Waals surface area (Å²) in [5.41, 5.74) is -1.54. The molecular formula is C82H114O24. The highest BCUT2D eigenvalue weighted by Gasteiger charge is 2.74. The number of aliphatic hydroxyl groups excluding tert-OH is 2. The van der Waals surface area contributed by atoms with Crippen LogP contribution >= 0.6 is 0 Å². The van der Waals surface area contributed by atoms with Crippen LogP contribution < -0.4 is 0 Å². The van der Waals surface area contributed by atoms with E-state index in [1.807, 2.05) is 55.4 Å². The van der Waals surface area contributed by atoms with Crippen molar-refractivity contribution < 1.29 is 116 Å². The number of esters is 10. The van der Waals surface area contributed by atoms with Gasteiger partial charge in [-0.25, -0.2) is 0 Å². The minimum absolute atomic E-state index is 0.00267. The fourth-order valence-corrected chi connectivity index (χ4v) is 28.0. The minimum atomic E-state index is -0.861. The van der Waals surface area contributed by atoms with Gasteiger partial charge in [0.15, 0.2) is 0 Å². The average Bonchev–Trinajstić information content (AvgIpc) is 1.53. The molecule has 2 saturated heterocycles. The molecule has 36 atom stereocenters. The average molecular weight is 1480 g/mol. The van der Waals surface area contributed by atoms with Crippen LogP contribution in [-0.4, -0.2) is 143 Å². The summed E-state index contributed by atoms with van der Waals surface area (Å²) in [6.45, 7) is 17.1. The largest absolute Gasteiger partial charge is 0.481 e. The van der Waals surface area contributed by atoms with E-state index in [2.05, 4.69) is 0 Å². The zero-order valence-electron chi connectivity index (χ0n) is 63.3. The number of aliphatic hydroxyl groups is 2. The summed E-state index contributed by atoms with van der Waals surface area (Å²) < 4.78 is 46.1. The zero-order valence-corrected chi connectivity index (χ0v) is 63.3. The third kappa shape index (κ3) is 13.5. The standard InChI is InChI=1S/C82H114O24/c1-33(19-43-37-21-45(51(23-37)69(85)86)63(43)59-39-25-47(53(29-39)75(93)101-17-13-83)67(59)61-41-27-49(55(31-41)77(95)105-81(5,6)7)65(61)57-35(3)73(91)103-79(57)97)71(89)99-15-11-12-16-100-72(90)34(2)20-44-38-22-46(52(24-38)70(87)88)64(44)60-40-26-48(54(30-40)76(94)102-18-14-84)68(60)62-42-28-50(56(32-42)78(96)106-82(8,9)10)66(62)58-36(4)74(92)104-80(58)98/h33-68,83-84H,11-32H2,1-10H3,(H,85,86)(H,87,88). The molecule has 0 aromatic heterocycles. The summed E-state index contributed by atoms with van der Waals surface area (Å²) in [5.74, 6) is -18.2. The maximum atomic E-state index is 14.3. The lowest BCUT2D eigenvalue weighted by Crippen LogP contribution is -2.51. The van der Waals surface area contributed by atoms with Gasteiger partial charge >= 0.3 is 71.6 Å². The Labute approximate surface area is 620 Å². The maximum Gasteiger partial charge on any atom is 0.317 e. The van der Waals surface area contributed by atoms with Gasteiger partial charge in [0.05, 0.1) is 97.4 Å². The Bertz CT molecular complexity index is 3250. The molecule has 2 heterocycles. The van der Waals surface area contributed by atoms with Crippen LogP contribution in [0.2, 0.25) is 0 Å². The lowest BCUT2D eigenvalue weighted by atomic mass is 9.52. The molecule has 0 aromatic carbocycles. The number of carboxylic acid groups (broad SMARTS) is 2. The Kier molecular flexibility index (Phi) is 21.2. The Morgan fingerprint density at radius 1 is 0.377 bits per heavy atom. The van der Waals surface area contributed by atoms with E-state index in [9.17, 15) is 78.0 Å². The van der Waals surface area contributed by atoms with E-state index in [1.165, 1.54) is 0 Å². The van der Waals surface area contributed by atoms with Crippen LogP contribution in [0, 0.1) is 213 Å². The van der Waals surface area contributed by atoms with Crippen LogP contribution in [0.4, 0.5) is 0 Å². The minimum Gasteiger partial charge on any atom is -0.481 e. The summed E-state index contributed by atoms with van der Waals surface area (Å²) in [7, 11) is 0. The van der Waals surface area contributed by atoms with Gasteiger partial charge in [-0.1, -0.05) is 27.7 Å². The lowest BCUT2D eigenvalue weighted by molar-refractivity contribution is -0.167. The fourth-order valence-electron chi connectivity index (χ4n) is 28.0. The van der Waals surface area contributed by atoms with E-state index in [1.54, 1.807) is 13.8 Å². The molecule has 14 aliphatic rings. The van der Waals surface area contributed by atoms with Gasteiger partial charge in [0.2, 0.25) is 0 Å². The molecule has 2 aliphatic heterocycles. The molecule has 106 heavy (non-hydrogen) atoms. The van der Waals surface area contributed by atoms with E-state index in [-0.39, 0.29) is 182 Å². The Morgan fingerprint density at radius 2 is 0.670 bits per heavy atom. The summed E-state index contributed by atoms with van der Waals surface area (Å²) in [6, 6.07) is 0. The first-order valence-corrected chi connectivity index (χ1v) is 40.5. The number of carboxylic acids is 2. The number of hydrogen-bond acceptors (Lipinski definition) is 22. The molecule has 0 aromatic rings. The second-order valence-corrected chi connectivity index (χ2v) is 38.1. The number of ether oxygens (including phenoxy) is 8. The number of hydrogen-bond donors (Lipinski definition) is 4. The van der Waals surface area contributed by atoms with Crippen molar-refractivity contribution in [3.05, 3.63) is 0 Å². The van der Waals surface area contributed by atoms with Crippen molar-refractivity contribution in [2.45, 2.75) is 183 Å². The van der Waals surface area contributed by atoms with Crippen LogP contribution in [0.15, 0.2) is 0 Å². The van der Waals surface area contributed by atoms with Crippen LogP contribution in [-0.2, 0) is 95.4 Å². The molecule has 0 radical (unpaired) electrons. The monoisotopic (exact) mass is 1480 g/mol. The Balaban J connectivity index is 0.643. The molecule has 12 bridgehead atoms. The van der Waals surface area contributed by atoms with Crippen molar-refractivity contribution in [2.75, 3.05) is 39.6 Å². The fraction of sp³-hybridized carbons (Fsp3) is 0.854. The van der Waals surface area contributed by atoms with E-state index in [0.29, 0.717) is 103 Å². The molecule has 14 rings (SSSR count). The van der Waals surface area contributed by atoms with Gasteiger partial charge in [-0.3, -0.25) is 57.5 Å². The third-order valence-corrected chi connectivity index (χ3v) is 30.8. The number of fused-ring (bicyclic) bond motifs is 12. The van der Waals surface area contributed by atoms with Gasteiger partial charge in [-0.05, 0) is 286 Å². The first-order valence-electron chi connectivity index (χ1n) is 40.5. The lowest BCUT2D eigenvalue weighted by Gasteiger charge is -2.51. The number of aliphatic carboxylic acids is 2. The highest BCUT2D eigenvalue weighted by Crippen LogP contribution is 2.76. The summed E-state index contributed by atoms with van der Waals surface area (Å²) >= 11 is 0. The maximum absolute atomic E-state index is 14.3. The van der Waals surface area contributed by atoms with Crippen LogP contribution in [0.25, 0.3) is 0 Å². The van der Waals surface area contributed by atoms with E-state index in [0.717, 1.165) is 0 Å². The summed E-state index contributed by atoms with van der Waals surface area (Å²) in [6.07, 6.45) is 8.58. The first-order chi connectivity index (χ1) is 50.2. The van der Waals surface area contributed by atoms with Crippen LogP contribution in [0.5, 0.6) is 0 Å². The first kappa shape index (κ1) is 76.7. The smallest absolute Gasteiger partial charge is 0.317 e. The quantitative estimate of drug-likeness (QED) is 0.0258. The molecule has 24 nitrogen and oxygen atoms in total. The van der Waals surface area contributed by atoms with Gasteiger partial charge in [0.1, 0.15) is 24.4 Å². The van der Waals surface area contributed by atoms with Crippen molar-refractivity contribution in [1.29, 1.82) is 0 Å². The molecule has 0 spiro atoms. The number of rotatable bonds is 27. The van der Waals surface area contributed by atoms with E-state index in [4.69, 9.17) is 37.9 Å². The molecule has 12 saturated carbocycles. The second kappa shape index (κ2) is 29.3. The van der Waals surface area contributed by atoms with Crippen molar-refractivity contribution in [2.24, 2.45) is 213 Å². The number of carbonyl (C=O) groups excluding carboxylic acids is 10. The zero-order chi connectivity index (χ0) is 75.9. The Hall–Kier alpha value is -6.04. The molecule has 36 unspecified atom stereocenters. The molecular weight excluding hydrogens is 1370 g/mol. The van der Waals surface area contributed by atoms with Crippen molar-refractivity contribution in [3.63, 3.8) is 0 Å². The van der Waals surface area contributed by atoms with Crippen molar-refractivity contribution in [1.82, 2.24) is 0 Å².